The molecule has 2 aliphatic heterocycles. The summed E-state index contributed by atoms with van der Waals surface area (Å²) in [5.41, 5.74) is 9.65. The number of carbonyl (C=O) groups is 7. The highest BCUT2D eigenvalue weighted by Gasteiger charge is 2.32. The van der Waals surface area contributed by atoms with Gasteiger partial charge in [-0.3, -0.25) is 51.5 Å². The summed E-state index contributed by atoms with van der Waals surface area (Å²) in [6, 6.07) is 58.3. The van der Waals surface area contributed by atoms with Crippen molar-refractivity contribution in [2.24, 2.45) is 0 Å². The summed E-state index contributed by atoms with van der Waals surface area (Å²) in [7, 11) is 0. The minimum atomic E-state index is -0.678. The first-order valence-corrected chi connectivity index (χ1v) is 50.2. The molecule has 43 nitrogen and oxygen atoms in total. The van der Waals surface area contributed by atoms with Gasteiger partial charge in [-0.15, -0.1) is 0 Å². The number of piperidine rings is 2. The summed E-state index contributed by atoms with van der Waals surface area (Å²) in [6.07, 6.45) is 29.7. The van der Waals surface area contributed by atoms with E-state index < -0.39 is 30.5 Å². The van der Waals surface area contributed by atoms with Crippen molar-refractivity contribution in [1.82, 2.24) is 108 Å². The van der Waals surface area contributed by atoms with Gasteiger partial charge in [0.1, 0.15) is 53.8 Å². The number of likely N-dealkylation sites (tertiary alicyclic amines) is 2. The number of fused-ring (bicyclic) bond motifs is 5. The molecule has 19 aromatic rings. The zero-order chi connectivity index (χ0) is 104. The fraction of sp³-hybridized carbons (Fsp3) is 0.184. The second-order valence-electron chi connectivity index (χ2n) is 33.5. The number of aryl methyl sites for hydroxylation is 1. The molecule has 1 atom stereocenters. The monoisotopic (exact) mass is 2270 g/mol. The molecule has 150 heavy (non-hydrogen) atoms. The lowest BCUT2D eigenvalue weighted by Crippen LogP contribution is -2.39. The fourth-order valence-electron chi connectivity index (χ4n) is 16.1. The lowest BCUT2D eigenvalue weighted by atomic mass is 9.93. The van der Waals surface area contributed by atoms with E-state index in [1.54, 1.807) is 190 Å². The fourth-order valence-corrected chi connectivity index (χ4v) is 17.5. The molecule has 3 aliphatic rings. The Morgan fingerprint density at radius 2 is 0.740 bits per heavy atom. The van der Waals surface area contributed by atoms with Gasteiger partial charge in [-0.2, -0.15) is 48.1 Å². The number of ether oxygens (including phenoxy) is 7. The molecule has 1 unspecified atom stereocenters. The molecule has 6 N–H and O–H groups in total. The molecule has 47 heteroatoms. The molecule has 0 spiro atoms. The van der Waals surface area contributed by atoms with Crippen molar-refractivity contribution in [3.05, 3.63) is 339 Å². The van der Waals surface area contributed by atoms with Crippen LogP contribution in [0.4, 0.5) is 68.5 Å². The van der Waals surface area contributed by atoms with Gasteiger partial charge in [0.05, 0.1) is 97.5 Å². The van der Waals surface area contributed by atoms with Crippen molar-refractivity contribution in [3.8, 4) is 51.5 Å². The van der Waals surface area contributed by atoms with Crippen molar-refractivity contribution in [1.29, 1.82) is 0 Å². The summed E-state index contributed by atoms with van der Waals surface area (Å²) in [5, 5.41) is 38.5. The molecule has 0 bridgehead atoms. The molecule has 760 valence electrons. The van der Waals surface area contributed by atoms with E-state index >= 15 is 0 Å². The van der Waals surface area contributed by atoms with Gasteiger partial charge in [-0.05, 0) is 193 Å². The maximum Gasteiger partial charge on any atom is 0.418 e. The minimum Gasteiger partial charge on any atom is -0.463 e. The third-order valence-corrected chi connectivity index (χ3v) is 25.5. The van der Waals surface area contributed by atoms with Crippen LogP contribution < -0.4 is 55.6 Å². The van der Waals surface area contributed by atoms with E-state index in [9.17, 15) is 33.6 Å². The number of amides is 7. The standard InChI is InChI=1S/2C25H23BrN6O4.C20H17N5O2.C17H17BrN6O2.C16H10BrN5O3/c26-20-14-28-32-22(30-24(33)36-19-9-4-10-27-13-19)12-21(29-23(20)32)18-8-5-11-31(15-18)25(34)35-16-17-6-2-1-3-7-17;26-20-15-28-32-22(30-24(33)36-19-7-4-10-27-14-19)13-21(29-23(20)32)18-8-11-31(12-9-18)25(34)35-16-17-5-2-1-3-6-17;1-2-14-12-22-25-18(24-20(26)27-16-9-6-10-21-13-16)11-17(23-19(14)25)15-7-4-3-5-8-15;18-13-10-20-24-15(23-17(25)26-12-6-3-7-19-9-12)8-14(22-16(13)24)21-11-4-1-2-5-11;17-11-9-19-22-14(21-16(23)25-10-3-1-5-18-8-10)7-12(20-15(11)22)13-4-2-6-24-13/h1-4,6-7,9-10,12-14,18H,5,8,11,15-16H2,(H,30,33);1-7,10,13-15,18H,8-9,11-12,16H2,(H,30,33);3-13H,2H2,1H3,(H,24,26);3,6-11H,1-2,4-5H2,(H,21,22)(H,23,25);1-9H,(H,21,23). The number of carbonyl (C=O) groups excluding carboxylic acids is 7. The topological polar surface area (TPSA) is 491 Å². The SMILES string of the molecule is CCc1cnn2c(NC(=O)Oc3cccnc3)cc(-c3ccccc3)nc12.O=C(Nc1cc(-c2ccco2)nc2c(Br)cnn12)Oc1cccnc1.O=C(Nc1cc(C2CCCN(C(=O)OCc3ccccc3)C2)nc2c(Br)cnn12)Oc1cccnc1.O=C(Nc1cc(C2CCN(C(=O)OCc3ccccc3)CC2)nc2c(Br)cnn12)Oc1cccnc1.O=C(Nc1cc(NC2CCCC2)nc2c(Br)cnn12)Oc1cccnc1. The van der Waals surface area contributed by atoms with Gasteiger partial charge in [-0.1, -0.05) is 111 Å². The average molecular weight is 2280 g/mol. The molecule has 3 fully saturated rings. The number of anilines is 6. The zero-order valence-corrected chi connectivity index (χ0v) is 85.9. The van der Waals surface area contributed by atoms with E-state index in [1.165, 1.54) is 57.4 Å². The van der Waals surface area contributed by atoms with Crippen molar-refractivity contribution in [2.45, 2.75) is 95.8 Å². The Hall–Kier alpha value is -17.6. The van der Waals surface area contributed by atoms with Crippen LogP contribution in [0.5, 0.6) is 28.7 Å². The molecule has 1 saturated carbocycles. The molecule has 0 radical (unpaired) electrons. The Bertz CT molecular complexity index is 7890. The first-order chi connectivity index (χ1) is 73.3. The summed E-state index contributed by atoms with van der Waals surface area (Å²) in [5.74, 6) is 5.19. The van der Waals surface area contributed by atoms with E-state index in [0.717, 1.165) is 88.8 Å². The Labute approximate surface area is 886 Å². The molecule has 16 aromatic heterocycles. The van der Waals surface area contributed by atoms with Crippen LogP contribution in [0.1, 0.15) is 98.2 Å². The smallest absolute Gasteiger partial charge is 0.418 e. The third kappa shape index (κ3) is 26.8. The highest BCUT2D eigenvalue weighted by molar-refractivity contribution is 9.11. The van der Waals surface area contributed by atoms with Gasteiger partial charge in [0, 0.05) is 122 Å². The van der Waals surface area contributed by atoms with Crippen LogP contribution in [0, 0.1) is 0 Å². The third-order valence-electron chi connectivity index (χ3n) is 23.3. The average Bonchev–Trinajstić information content (AvgIpc) is 1.63. The molecule has 18 heterocycles. The zero-order valence-electron chi connectivity index (χ0n) is 79.5. The van der Waals surface area contributed by atoms with Crippen molar-refractivity contribution >= 4 is 170 Å². The van der Waals surface area contributed by atoms with Crippen LogP contribution in [0.2, 0.25) is 0 Å². The van der Waals surface area contributed by atoms with Crippen molar-refractivity contribution in [3.63, 3.8) is 0 Å². The number of nitrogens with zero attached hydrogens (tertiary/aromatic N) is 22. The summed E-state index contributed by atoms with van der Waals surface area (Å²) >= 11 is 13.8. The number of pyridine rings is 5. The van der Waals surface area contributed by atoms with E-state index in [1.807, 2.05) is 97.9 Å². The highest BCUT2D eigenvalue weighted by Crippen LogP contribution is 2.36. The number of halogens is 4. The first kappa shape index (κ1) is 102. The van der Waals surface area contributed by atoms with E-state index in [4.69, 9.17) is 52.5 Å². The van der Waals surface area contributed by atoms with Gasteiger partial charge >= 0.3 is 42.7 Å². The molecular weight excluding hydrogens is 2190 g/mol. The normalized spacial score (nSPS) is 13.3. The number of benzene rings is 3. The predicted molar refractivity (Wildman–Crippen MR) is 564 cm³/mol. The molecule has 3 aromatic carbocycles. The summed E-state index contributed by atoms with van der Waals surface area (Å²) < 4.78 is 53.2. The van der Waals surface area contributed by atoms with E-state index in [-0.39, 0.29) is 37.2 Å². The highest BCUT2D eigenvalue weighted by atomic mass is 79.9. The molecule has 1 aliphatic carbocycles. The number of nitrogens with one attached hydrogen (secondary N) is 6. The maximum atomic E-state index is 12.7. The Kier molecular flexibility index (Phi) is 33.8. The Balaban J connectivity index is 0.000000123. The van der Waals surface area contributed by atoms with Gasteiger partial charge in [0.15, 0.2) is 62.7 Å². The van der Waals surface area contributed by atoms with Crippen LogP contribution >= 0.6 is 63.7 Å². The molecule has 7 amide bonds. The molecule has 22 rings (SSSR count). The van der Waals surface area contributed by atoms with Crippen molar-refractivity contribution < 1.29 is 71.1 Å². The van der Waals surface area contributed by atoms with Gasteiger partial charge < -0.3 is 52.7 Å². The summed E-state index contributed by atoms with van der Waals surface area (Å²) in [6.45, 7) is 4.69. The Morgan fingerprint density at radius 1 is 0.360 bits per heavy atom. The van der Waals surface area contributed by atoms with Crippen LogP contribution in [0.25, 0.3) is 50.9 Å². The maximum absolute atomic E-state index is 12.7. The predicted octanol–water partition coefficient (Wildman–Crippen LogP) is 21.6. The largest absolute Gasteiger partial charge is 0.463 e. The van der Waals surface area contributed by atoms with Crippen LogP contribution in [-0.4, -0.2) is 183 Å². The van der Waals surface area contributed by atoms with Crippen LogP contribution in [0.3, 0.4) is 0 Å². The second kappa shape index (κ2) is 49.5. The van der Waals surface area contributed by atoms with Crippen LogP contribution in [0.15, 0.2) is 316 Å². The van der Waals surface area contributed by atoms with Crippen LogP contribution in [-0.2, 0) is 29.1 Å². The minimum absolute atomic E-state index is 0.0373. The molecular formula is C103H90Br4N28O15. The van der Waals surface area contributed by atoms with Gasteiger partial charge in [0.2, 0.25) is 0 Å². The van der Waals surface area contributed by atoms with Crippen molar-refractivity contribution in [2.75, 3.05) is 58.1 Å². The summed E-state index contributed by atoms with van der Waals surface area (Å²) in [4.78, 5) is 133. The quantitative estimate of drug-likeness (QED) is 0.0389. The number of furan rings is 1. The van der Waals surface area contributed by atoms with Gasteiger partial charge in [-0.25, -0.2) is 58.5 Å². The lowest BCUT2D eigenvalue weighted by Gasteiger charge is -2.32. The number of rotatable bonds is 21. The first-order valence-electron chi connectivity index (χ1n) is 47.0. The molecule has 2 saturated heterocycles. The van der Waals surface area contributed by atoms with E-state index in [2.05, 4.69) is 156 Å². The number of hydrogen-bond acceptors (Lipinski definition) is 31. The second-order valence-corrected chi connectivity index (χ2v) is 36.9. The Morgan fingerprint density at radius 3 is 1.16 bits per heavy atom. The van der Waals surface area contributed by atoms with E-state index in [0.29, 0.717) is 149 Å². The van der Waals surface area contributed by atoms with Gasteiger partial charge in [0.25, 0.3) is 0 Å². The lowest BCUT2D eigenvalue weighted by molar-refractivity contribution is 0.0853. The number of hydrogen-bond donors (Lipinski definition) is 6. The number of aromatic nitrogens is 20.